The Bertz CT molecular complexity index is 1560. The number of aromatic nitrogens is 3. The second kappa shape index (κ2) is 10.4. The van der Waals surface area contributed by atoms with E-state index in [1.807, 2.05) is 69.3 Å². The van der Waals surface area contributed by atoms with Gasteiger partial charge >= 0.3 is 6.09 Å². The van der Waals surface area contributed by atoms with Crippen molar-refractivity contribution in [3.8, 4) is 28.3 Å². The highest BCUT2D eigenvalue weighted by atomic mass is 16.6. The molecule has 9 heteroatoms. The number of benzene rings is 2. The largest absolute Gasteiger partial charge is 0.466 e. The molecule has 1 aliphatic carbocycles. The fraction of sp³-hybridized carbons (Fsp3) is 0.312. The van der Waals surface area contributed by atoms with Crippen molar-refractivity contribution >= 4 is 17.7 Å². The molecule has 1 saturated carbocycles. The second-order valence-electron chi connectivity index (χ2n) is 11.6. The van der Waals surface area contributed by atoms with Crippen LogP contribution in [-0.4, -0.2) is 39.2 Å². The number of pyridine rings is 1. The zero-order chi connectivity index (χ0) is 28.6. The molecule has 2 amide bonds. The molecule has 3 heterocycles. The first-order valence-corrected chi connectivity index (χ1v) is 13.8. The Hall–Kier alpha value is -4.66. The van der Waals surface area contributed by atoms with Gasteiger partial charge in [-0.05, 0) is 57.2 Å². The maximum atomic E-state index is 12.9. The van der Waals surface area contributed by atoms with Gasteiger partial charge in [-0.3, -0.25) is 9.69 Å². The molecule has 2 N–H and O–H groups in total. The molecule has 0 radical (unpaired) electrons. The van der Waals surface area contributed by atoms with Crippen LogP contribution < -0.4 is 15.0 Å². The third kappa shape index (κ3) is 5.39. The van der Waals surface area contributed by atoms with Gasteiger partial charge in [0.1, 0.15) is 11.3 Å². The topological polar surface area (TPSA) is 109 Å². The van der Waals surface area contributed by atoms with Crippen molar-refractivity contribution in [2.45, 2.75) is 57.7 Å². The Morgan fingerprint density at radius 2 is 1.85 bits per heavy atom. The number of ether oxygens (including phenoxy) is 2. The van der Waals surface area contributed by atoms with Crippen LogP contribution in [0.15, 0.2) is 73.2 Å². The van der Waals surface area contributed by atoms with Gasteiger partial charge in [0.2, 0.25) is 5.88 Å². The highest BCUT2D eigenvalue weighted by molar-refractivity contribution is 5.99. The van der Waals surface area contributed by atoms with E-state index in [4.69, 9.17) is 14.5 Å². The van der Waals surface area contributed by atoms with Crippen LogP contribution in [0.25, 0.3) is 22.4 Å². The lowest BCUT2D eigenvalue weighted by Crippen LogP contribution is -2.52. The summed E-state index contributed by atoms with van der Waals surface area (Å²) in [6.45, 7) is 5.84. The fourth-order valence-electron chi connectivity index (χ4n) is 5.36. The van der Waals surface area contributed by atoms with Crippen LogP contribution in [0.3, 0.4) is 0 Å². The predicted octanol–water partition coefficient (Wildman–Crippen LogP) is 5.97. The van der Waals surface area contributed by atoms with Crippen molar-refractivity contribution in [2.75, 3.05) is 11.5 Å². The molecule has 2 aromatic heterocycles. The number of alkyl carbamates (subject to hydrolysis) is 1. The lowest BCUT2D eigenvalue weighted by molar-refractivity contribution is -0.121. The molecule has 2 aliphatic rings. The number of rotatable bonds is 6. The van der Waals surface area contributed by atoms with Crippen LogP contribution >= 0.6 is 0 Å². The average molecular weight is 552 g/mol. The van der Waals surface area contributed by atoms with Crippen LogP contribution in [0.4, 0.5) is 10.5 Å². The lowest BCUT2D eigenvalue weighted by atomic mass is 9.71. The van der Waals surface area contributed by atoms with Gasteiger partial charge in [0.25, 0.3) is 5.91 Å². The monoisotopic (exact) mass is 551 g/mol. The predicted molar refractivity (Wildman–Crippen MR) is 155 cm³/mol. The smallest absolute Gasteiger partial charge is 0.408 e. The van der Waals surface area contributed by atoms with Gasteiger partial charge in [-0.1, -0.05) is 54.6 Å². The molecular formula is C32H33N5O4. The number of hydrogen-bond acceptors (Lipinski definition) is 6. The van der Waals surface area contributed by atoms with Crippen molar-refractivity contribution in [1.29, 1.82) is 0 Å². The molecule has 1 aliphatic heterocycles. The Morgan fingerprint density at radius 1 is 1.10 bits per heavy atom. The van der Waals surface area contributed by atoms with E-state index in [0.717, 1.165) is 52.9 Å². The molecule has 4 aromatic rings. The van der Waals surface area contributed by atoms with E-state index in [-0.39, 0.29) is 12.5 Å². The van der Waals surface area contributed by atoms with Gasteiger partial charge in [-0.2, -0.15) is 0 Å². The highest BCUT2D eigenvalue weighted by Crippen LogP contribution is 2.44. The van der Waals surface area contributed by atoms with Gasteiger partial charge in [0.15, 0.2) is 6.61 Å². The summed E-state index contributed by atoms with van der Waals surface area (Å²) in [5.41, 5.74) is 4.97. The fourth-order valence-corrected chi connectivity index (χ4v) is 5.36. The normalized spacial score (nSPS) is 15.9. The number of imidazole rings is 1. The van der Waals surface area contributed by atoms with Crippen LogP contribution in [0, 0.1) is 0 Å². The maximum Gasteiger partial charge on any atom is 0.408 e. The molecule has 0 bridgehead atoms. The zero-order valence-corrected chi connectivity index (χ0v) is 23.4. The van der Waals surface area contributed by atoms with Crippen LogP contribution in [0.1, 0.15) is 51.3 Å². The number of fused-ring (bicyclic) bond motifs is 1. The molecule has 2 aromatic carbocycles. The molecule has 210 valence electrons. The molecule has 0 atom stereocenters. The van der Waals surface area contributed by atoms with Gasteiger partial charge in [0, 0.05) is 17.3 Å². The van der Waals surface area contributed by atoms with Crippen molar-refractivity contribution < 1.29 is 19.1 Å². The van der Waals surface area contributed by atoms with E-state index in [0.29, 0.717) is 18.1 Å². The van der Waals surface area contributed by atoms with Crippen molar-refractivity contribution in [1.82, 2.24) is 20.3 Å². The van der Waals surface area contributed by atoms with Gasteiger partial charge in [-0.15, -0.1) is 0 Å². The number of nitrogens with zero attached hydrogens (tertiary/aromatic N) is 3. The first-order chi connectivity index (χ1) is 19.7. The first kappa shape index (κ1) is 26.6. The third-order valence-electron chi connectivity index (χ3n) is 7.52. The molecule has 0 unspecified atom stereocenters. The Morgan fingerprint density at radius 3 is 2.49 bits per heavy atom. The number of amides is 2. The number of carbonyl (C=O) groups is 2. The van der Waals surface area contributed by atoms with E-state index >= 15 is 0 Å². The number of H-pyrrole nitrogens is 1. The Kier molecular flexibility index (Phi) is 6.73. The van der Waals surface area contributed by atoms with Crippen LogP contribution in [0.2, 0.25) is 0 Å². The van der Waals surface area contributed by atoms with Gasteiger partial charge in [0.05, 0.1) is 29.8 Å². The highest BCUT2D eigenvalue weighted by Gasteiger charge is 2.41. The SMILES string of the molecule is CC(C)(C)OC(=O)NC1(c2ccc(-c3nc4c(cc3-c3ccccc3)N(Cc3cnc[nH]3)C(=O)CO4)cc2)CCC1. The minimum Gasteiger partial charge on any atom is -0.466 e. The number of aromatic amines is 1. The van der Waals surface area contributed by atoms with Crippen molar-refractivity contribution in [3.05, 3.63) is 84.4 Å². The van der Waals surface area contributed by atoms with Crippen LogP contribution in [0.5, 0.6) is 5.88 Å². The number of nitrogens with one attached hydrogen (secondary N) is 2. The second-order valence-corrected chi connectivity index (χ2v) is 11.6. The van der Waals surface area contributed by atoms with E-state index in [1.54, 1.807) is 17.4 Å². The van der Waals surface area contributed by atoms with Gasteiger partial charge in [-0.25, -0.2) is 14.8 Å². The van der Waals surface area contributed by atoms with E-state index in [9.17, 15) is 9.59 Å². The summed E-state index contributed by atoms with van der Waals surface area (Å²) in [7, 11) is 0. The summed E-state index contributed by atoms with van der Waals surface area (Å²) in [4.78, 5) is 39.3. The molecule has 1 fully saturated rings. The number of carbonyl (C=O) groups excluding carboxylic acids is 2. The van der Waals surface area contributed by atoms with Crippen molar-refractivity contribution in [3.63, 3.8) is 0 Å². The summed E-state index contributed by atoms with van der Waals surface area (Å²) in [6, 6.07) is 20.1. The first-order valence-electron chi connectivity index (χ1n) is 13.8. The number of anilines is 1. The van der Waals surface area contributed by atoms with Gasteiger partial charge < -0.3 is 19.8 Å². The van der Waals surface area contributed by atoms with E-state index in [2.05, 4.69) is 27.4 Å². The Labute approximate surface area is 238 Å². The van der Waals surface area contributed by atoms with Crippen LogP contribution in [-0.2, 0) is 21.6 Å². The third-order valence-corrected chi connectivity index (χ3v) is 7.52. The van der Waals surface area contributed by atoms with E-state index < -0.39 is 17.2 Å². The zero-order valence-electron chi connectivity index (χ0n) is 23.4. The minimum atomic E-state index is -0.564. The molecule has 9 nitrogen and oxygen atoms in total. The van der Waals surface area contributed by atoms with E-state index in [1.165, 1.54) is 0 Å². The quantitative estimate of drug-likeness (QED) is 0.306. The molecule has 0 saturated heterocycles. The number of hydrogen-bond donors (Lipinski definition) is 2. The molecule has 6 rings (SSSR count). The minimum absolute atomic E-state index is 0.0872. The Balaban J connectivity index is 1.37. The van der Waals surface area contributed by atoms with Crippen molar-refractivity contribution in [2.24, 2.45) is 0 Å². The molecule has 41 heavy (non-hydrogen) atoms. The maximum absolute atomic E-state index is 12.9. The molecular weight excluding hydrogens is 518 g/mol. The summed E-state index contributed by atoms with van der Waals surface area (Å²) in [5, 5.41) is 3.13. The summed E-state index contributed by atoms with van der Waals surface area (Å²) >= 11 is 0. The summed E-state index contributed by atoms with van der Waals surface area (Å²) in [6.07, 6.45) is 5.63. The summed E-state index contributed by atoms with van der Waals surface area (Å²) < 4.78 is 11.4. The average Bonchev–Trinajstić information content (AvgIpc) is 3.45. The summed E-state index contributed by atoms with van der Waals surface area (Å²) in [5.74, 6) is 0.262. The lowest BCUT2D eigenvalue weighted by Gasteiger charge is -2.43. The standard InChI is InChI=1S/C32H33N5O4/c1-31(2,3)41-30(39)36-32(14-7-15-32)23-12-10-22(11-13-23)28-25(21-8-5-4-6-9-21)16-26-29(35-28)40-19-27(38)37(26)18-24-17-33-20-34-24/h4-6,8-13,16-17,20H,7,14-15,18-19H2,1-3H3,(H,33,34)(H,36,39). The molecule has 0 spiro atoms.